The molecule has 3 heterocycles. The van der Waals surface area contributed by atoms with Gasteiger partial charge in [-0.3, -0.25) is 4.79 Å². The molecule has 0 N–H and O–H groups in total. The van der Waals surface area contributed by atoms with E-state index in [1.165, 1.54) is 29.2 Å². The number of benzene rings is 2. The van der Waals surface area contributed by atoms with Crippen molar-refractivity contribution in [1.82, 2.24) is 14.9 Å². The largest absolute Gasteiger partial charge is 0.467 e. The van der Waals surface area contributed by atoms with Gasteiger partial charge in [0.15, 0.2) is 4.34 Å². The van der Waals surface area contributed by atoms with Gasteiger partial charge >= 0.3 is 0 Å². The smallest absolute Gasteiger partial charge is 0.274 e. The standard InChI is InChI=1S/C21H18FN3O2S3/c22-14-4-3-7-17-19(14)24-20(29-17)27-13-8-10-25(11-9-13)18(26)12-28-21-23-15-5-1-2-6-16(15)30-21/h1-7,13H,8-12H2. The van der Waals surface area contributed by atoms with Crippen molar-refractivity contribution in [3.05, 3.63) is 48.3 Å². The van der Waals surface area contributed by atoms with Crippen LogP contribution < -0.4 is 4.74 Å². The molecule has 0 aliphatic carbocycles. The second-order valence-electron chi connectivity index (χ2n) is 7.00. The van der Waals surface area contributed by atoms with E-state index in [0.29, 0.717) is 29.6 Å². The number of rotatable bonds is 5. The van der Waals surface area contributed by atoms with Gasteiger partial charge in [0, 0.05) is 25.9 Å². The van der Waals surface area contributed by atoms with Crippen LogP contribution in [0.2, 0.25) is 0 Å². The van der Waals surface area contributed by atoms with Crippen molar-refractivity contribution in [3.63, 3.8) is 0 Å². The molecule has 1 amide bonds. The highest BCUT2D eigenvalue weighted by Crippen LogP contribution is 2.32. The van der Waals surface area contributed by atoms with Gasteiger partial charge in [-0.25, -0.2) is 9.37 Å². The van der Waals surface area contributed by atoms with Crippen molar-refractivity contribution < 1.29 is 13.9 Å². The highest BCUT2D eigenvalue weighted by atomic mass is 32.2. The van der Waals surface area contributed by atoms with Crippen LogP contribution in [0.25, 0.3) is 20.4 Å². The molecule has 1 aliphatic heterocycles. The van der Waals surface area contributed by atoms with Crippen LogP contribution in [-0.2, 0) is 4.79 Å². The van der Waals surface area contributed by atoms with Crippen LogP contribution in [0.1, 0.15) is 12.8 Å². The van der Waals surface area contributed by atoms with E-state index >= 15 is 0 Å². The lowest BCUT2D eigenvalue weighted by Crippen LogP contribution is -2.42. The molecular weight excluding hydrogens is 441 g/mol. The van der Waals surface area contributed by atoms with Crippen molar-refractivity contribution >= 4 is 60.8 Å². The van der Waals surface area contributed by atoms with Gasteiger partial charge in [0.2, 0.25) is 5.91 Å². The minimum atomic E-state index is -0.329. The Morgan fingerprint density at radius 1 is 1.10 bits per heavy atom. The van der Waals surface area contributed by atoms with E-state index in [1.807, 2.05) is 35.2 Å². The predicted molar refractivity (Wildman–Crippen MR) is 120 cm³/mol. The van der Waals surface area contributed by atoms with Gasteiger partial charge in [-0.1, -0.05) is 41.3 Å². The van der Waals surface area contributed by atoms with Crippen molar-refractivity contribution in [2.45, 2.75) is 23.3 Å². The molecule has 1 fully saturated rings. The maximum atomic E-state index is 13.8. The zero-order valence-electron chi connectivity index (χ0n) is 15.9. The number of carbonyl (C=O) groups is 1. The molecule has 30 heavy (non-hydrogen) atoms. The van der Waals surface area contributed by atoms with Gasteiger partial charge in [0.05, 0.1) is 20.7 Å². The summed E-state index contributed by atoms with van der Waals surface area (Å²) in [5, 5.41) is 0.492. The highest BCUT2D eigenvalue weighted by Gasteiger charge is 2.25. The minimum absolute atomic E-state index is 0.00501. The zero-order chi connectivity index (χ0) is 20.5. The molecule has 2 aromatic heterocycles. The quantitative estimate of drug-likeness (QED) is 0.384. The second kappa shape index (κ2) is 8.49. The van der Waals surface area contributed by atoms with Crippen LogP contribution >= 0.6 is 34.4 Å². The second-order valence-corrected chi connectivity index (χ2v) is 10.2. The Labute approximate surface area is 184 Å². The fourth-order valence-electron chi connectivity index (χ4n) is 3.44. The molecule has 1 aliphatic rings. The first-order valence-electron chi connectivity index (χ1n) is 9.63. The summed E-state index contributed by atoms with van der Waals surface area (Å²) in [6, 6.07) is 12.9. The number of para-hydroxylation sites is 2. The number of nitrogens with zero attached hydrogens (tertiary/aromatic N) is 3. The maximum absolute atomic E-state index is 13.8. The summed E-state index contributed by atoms with van der Waals surface area (Å²) in [5.41, 5.74) is 1.34. The molecule has 154 valence electrons. The first kappa shape index (κ1) is 19.7. The molecule has 0 saturated carbocycles. The lowest BCUT2D eigenvalue weighted by molar-refractivity contribution is -0.130. The molecular formula is C21H18FN3O2S3. The summed E-state index contributed by atoms with van der Waals surface area (Å²) in [7, 11) is 0. The summed E-state index contributed by atoms with van der Waals surface area (Å²) < 4.78 is 22.6. The van der Waals surface area contributed by atoms with Gasteiger partial charge in [0.25, 0.3) is 5.19 Å². The number of piperidine rings is 1. The number of ether oxygens (including phenoxy) is 1. The average molecular weight is 460 g/mol. The average Bonchev–Trinajstić information content (AvgIpc) is 3.36. The van der Waals surface area contributed by atoms with Gasteiger partial charge in [-0.2, -0.15) is 4.98 Å². The SMILES string of the molecule is O=C(CSc1nc2ccccc2s1)N1CCC(Oc2nc3c(F)cccc3s2)CC1. The van der Waals surface area contributed by atoms with E-state index in [4.69, 9.17) is 4.74 Å². The molecule has 5 nitrogen and oxygen atoms in total. The van der Waals surface area contributed by atoms with Crippen molar-refractivity contribution in [1.29, 1.82) is 0 Å². The molecule has 0 unspecified atom stereocenters. The number of aromatic nitrogens is 2. The molecule has 4 aromatic rings. The third-order valence-electron chi connectivity index (χ3n) is 5.01. The molecule has 0 bridgehead atoms. The van der Waals surface area contributed by atoms with Gasteiger partial charge < -0.3 is 9.64 Å². The lowest BCUT2D eigenvalue weighted by Gasteiger charge is -2.31. The molecule has 0 radical (unpaired) electrons. The summed E-state index contributed by atoms with van der Waals surface area (Å²) in [5.74, 6) is 0.187. The van der Waals surface area contributed by atoms with E-state index in [2.05, 4.69) is 9.97 Å². The Bertz CT molecular complexity index is 1170. The third kappa shape index (κ3) is 4.14. The summed E-state index contributed by atoms with van der Waals surface area (Å²) in [6.07, 6.45) is 1.49. The maximum Gasteiger partial charge on any atom is 0.274 e. The molecule has 0 atom stereocenters. The number of likely N-dealkylation sites (tertiary alicyclic amines) is 1. The highest BCUT2D eigenvalue weighted by molar-refractivity contribution is 8.01. The fourth-order valence-corrected chi connectivity index (χ4v) is 6.31. The van der Waals surface area contributed by atoms with Crippen molar-refractivity contribution in [3.8, 4) is 5.19 Å². The monoisotopic (exact) mass is 459 g/mol. The number of amides is 1. The number of thiazole rings is 2. The number of hydrogen-bond donors (Lipinski definition) is 0. The van der Waals surface area contributed by atoms with E-state index in [0.717, 1.165) is 32.1 Å². The van der Waals surface area contributed by atoms with Gasteiger partial charge in [-0.05, 0) is 24.3 Å². The van der Waals surface area contributed by atoms with Crippen molar-refractivity contribution in [2.24, 2.45) is 0 Å². The number of fused-ring (bicyclic) bond motifs is 2. The third-order valence-corrected chi connectivity index (χ3v) is 8.08. The Kier molecular flexibility index (Phi) is 5.58. The first-order valence-corrected chi connectivity index (χ1v) is 12.3. The minimum Gasteiger partial charge on any atom is -0.467 e. The first-order chi connectivity index (χ1) is 14.7. The van der Waals surface area contributed by atoms with Crippen LogP contribution in [0, 0.1) is 5.82 Å². The van der Waals surface area contributed by atoms with Gasteiger partial charge in [-0.15, -0.1) is 11.3 Å². The Morgan fingerprint density at radius 3 is 2.70 bits per heavy atom. The summed E-state index contributed by atoms with van der Waals surface area (Å²) in [4.78, 5) is 23.3. The fraction of sp³-hybridized carbons (Fsp3) is 0.286. The Morgan fingerprint density at radius 2 is 1.90 bits per heavy atom. The zero-order valence-corrected chi connectivity index (χ0v) is 18.4. The number of thioether (sulfide) groups is 1. The van der Waals surface area contributed by atoms with Crippen LogP contribution in [0.15, 0.2) is 46.8 Å². The van der Waals surface area contributed by atoms with Crippen molar-refractivity contribution in [2.75, 3.05) is 18.8 Å². The molecule has 0 spiro atoms. The molecule has 9 heteroatoms. The summed E-state index contributed by atoms with van der Waals surface area (Å²) in [6.45, 7) is 1.31. The number of carbonyl (C=O) groups excluding carboxylic acids is 1. The van der Waals surface area contributed by atoms with Crippen LogP contribution in [0.5, 0.6) is 5.19 Å². The normalized spacial score (nSPS) is 15.2. The Hall–Kier alpha value is -2.23. The van der Waals surface area contributed by atoms with E-state index in [1.54, 1.807) is 17.4 Å². The van der Waals surface area contributed by atoms with Gasteiger partial charge in [0.1, 0.15) is 17.4 Å². The van der Waals surface area contributed by atoms with Crippen LogP contribution in [-0.4, -0.2) is 45.7 Å². The van der Waals surface area contributed by atoms with Crippen LogP contribution in [0.4, 0.5) is 4.39 Å². The topological polar surface area (TPSA) is 55.3 Å². The Balaban J connectivity index is 1.13. The van der Waals surface area contributed by atoms with E-state index in [9.17, 15) is 9.18 Å². The van der Waals surface area contributed by atoms with Crippen LogP contribution in [0.3, 0.4) is 0 Å². The number of halogens is 1. The predicted octanol–water partition coefficient (Wildman–Crippen LogP) is 5.21. The van der Waals surface area contributed by atoms with E-state index < -0.39 is 0 Å². The molecule has 2 aromatic carbocycles. The number of hydrogen-bond acceptors (Lipinski definition) is 7. The summed E-state index contributed by atoms with van der Waals surface area (Å²) >= 11 is 4.47. The van der Waals surface area contributed by atoms with E-state index in [-0.39, 0.29) is 17.8 Å². The molecule has 1 saturated heterocycles. The molecule has 5 rings (SSSR count). The lowest BCUT2D eigenvalue weighted by atomic mass is 10.1.